The Hall–Kier alpha value is -4.48. The number of carbonyl (C=O) groups excluding carboxylic acids is 3. The average molecular weight is 531 g/mol. The topological polar surface area (TPSA) is 66.5 Å². The lowest BCUT2D eigenvalue weighted by Gasteiger charge is -2.37. The molecule has 0 radical (unpaired) electrons. The normalized spacial score (nSPS) is 24.2. The fraction of sp³-hybridized carbons (Fsp3) is 0.121. The molecule has 0 bridgehead atoms. The standard InChI is InChI=1S/C33H23ClN2O3/c34-23-16-17-26-22(19-23)15-18-27-33(24-13-7-8-14-25(24)35-32(33)39)28(30(37)20-9-3-1-4-10-20)29(36(26)27)31(38)21-11-5-2-6-12-21/h1-19,27-29H,(H,35,39)/t27-,28+,29-,33-/m0/s1. The van der Waals surface area contributed by atoms with Crippen LogP contribution in [0.5, 0.6) is 0 Å². The molecule has 0 unspecified atom stereocenters. The summed E-state index contributed by atoms with van der Waals surface area (Å²) in [5, 5.41) is 3.61. The Bertz CT molecular complexity index is 1680. The Balaban J connectivity index is 1.55. The van der Waals surface area contributed by atoms with Gasteiger partial charge in [0.15, 0.2) is 11.6 Å². The van der Waals surface area contributed by atoms with Gasteiger partial charge in [0.25, 0.3) is 0 Å². The van der Waals surface area contributed by atoms with Crippen LogP contribution in [-0.4, -0.2) is 29.6 Å². The number of fused-ring (bicyclic) bond motifs is 6. The van der Waals surface area contributed by atoms with Gasteiger partial charge >= 0.3 is 0 Å². The third kappa shape index (κ3) is 3.30. The van der Waals surface area contributed by atoms with Crippen molar-refractivity contribution in [3.63, 3.8) is 0 Å². The van der Waals surface area contributed by atoms with Gasteiger partial charge in [0.2, 0.25) is 5.91 Å². The Morgan fingerprint density at radius 1 is 0.795 bits per heavy atom. The van der Waals surface area contributed by atoms with Crippen LogP contribution < -0.4 is 10.2 Å². The minimum absolute atomic E-state index is 0.208. The lowest BCUT2D eigenvalue weighted by Crippen LogP contribution is -2.51. The molecular weight excluding hydrogens is 508 g/mol. The maximum atomic E-state index is 14.6. The zero-order chi connectivity index (χ0) is 26.7. The molecule has 0 aliphatic carbocycles. The fourth-order valence-electron chi connectivity index (χ4n) is 6.71. The molecule has 4 atom stereocenters. The number of anilines is 2. The predicted molar refractivity (Wildman–Crippen MR) is 152 cm³/mol. The fourth-order valence-corrected chi connectivity index (χ4v) is 6.89. The summed E-state index contributed by atoms with van der Waals surface area (Å²) in [7, 11) is 0. The van der Waals surface area contributed by atoms with Gasteiger partial charge in [-0.1, -0.05) is 103 Å². The number of nitrogens with zero attached hydrogens (tertiary/aromatic N) is 1. The minimum atomic E-state index is -1.33. The zero-order valence-electron chi connectivity index (χ0n) is 20.8. The van der Waals surface area contributed by atoms with E-state index in [2.05, 4.69) is 5.32 Å². The van der Waals surface area contributed by atoms with Crippen LogP contribution >= 0.6 is 11.6 Å². The number of rotatable bonds is 4. The molecule has 3 aliphatic rings. The van der Waals surface area contributed by atoms with Crippen molar-refractivity contribution in [1.29, 1.82) is 0 Å². The van der Waals surface area contributed by atoms with Crippen molar-refractivity contribution in [1.82, 2.24) is 0 Å². The number of Topliss-reactive ketones (excluding diaryl/α,β-unsaturated/α-hetero) is 2. The summed E-state index contributed by atoms with van der Waals surface area (Å²) in [6, 6.07) is 29.4. The second kappa shape index (κ2) is 8.79. The number of benzene rings is 4. The molecule has 4 aromatic carbocycles. The van der Waals surface area contributed by atoms with Crippen LogP contribution in [0.25, 0.3) is 6.08 Å². The number of ketones is 2. The van der Waals surface area contributed by atoms with Crippen molar-refractivity contribution < 1.29 is 14.4 Å². The van der Waals surface area contributed by atoms with E-state index >= 15 is 0 Å². The highest BCUT2D eigenvalue weighted by Crippen LogP contribution is 2.58. The van der Waals surface area contributed by atoms with Gasteiger partial charge in [-0.05, 0) is 35.4 Å². The van der Waals surface area contributed by atoms with Gasteiger partial charge in [0.1, 0.15) is 11.5 Å². The first-order chi connectivity index (χ1) is 19.0. The molecule has 3 aliphatic heterocycles. The van der Waals surface area contributed by atoms with Gasteiger partial charge in [0, 0.05) is 27.5 Å². The van der Waals surface area contributed by atoms with Crippen LogP contribution in [0.2, 0.25) is 5.02 Å². The molecule has 5 nitrogen and oxygen atoms in total. The number of para-hydroxylation sites is 1. The van der Waals surface area contributed by atoms with Crippen LogP contribution in [0.3, 0.4) is 0 Å². The summed E-state index contributed by atoms with van der Waals surface area (Å²) in [6.07, 6.45) is 3.89. The Kier molecular flexibility index (Phi) is 5.32. The number of hydrogen-bond donors (Lipinski definition) is 1. The van der Waals surface area contributed by atoms with Gasteiger partial charge < -0.3 is 10.2 Å². The van der Waals surface area contributed by atoms with E-state index in [0.717, 1.165) is 16.8 Å². The van der Waals surface area contributed by atoms with E-state index in [1.165, 1.54) is 0 Å². The number of amides is 1. The summed E-state index contributed by atoms with van der Waals surface area (Å²) in [5.41, 5.74) is 2.61. The molecule has 1 amide bonds. The first-order valence-electron chi connectivity index (χ1n) is 12.9. The Morgan fingerprint density at radius 2 is 1.44 bits per heavy atom. The highest BCUT2D eigenvalue weighted by Gasteiger charge is 2.70. The minimum Gasteiger partial charge on any atom is -0.352 e. The lowest BCUT2D eigenvalue weighted by atomic mass is 9.64. The Morgan fingerprint density at radius 3 is 2.15 bits per heavy atom. The highest BCUT2D eigenvalue weighted by molar-refractivity contribution is 6.31. The average Bonchev–Trinajstić information content (AvgIpc) is 3.45. The van der Waals surface area contributed by atoms with Crippen LogP contribution in [0.15, 0.2) is 109 Å². The number of halogens is 1. The number of carbonyl (C=O) groups is 3. The monoisotopic (exact) mass is 530 g/mol. The summed E-state index contributed by atoms with van der Waals surface area (Å²) in [5.74, 6) is -1.72. The van der Waals surface area contributed by atoms with E-state index in [1.807, 2.05) is 77.7 Å². The number of nitrogens with one attached hydrogen (secondary N) is 1. The van der Waals surface area contributed by atoms with Crippen LogP contribution in [0.1, 0.15) is 31.8 Å². The maximum Gasteiger partial charge on any atom is 0.238 e. The molecule has 1 saturated heterocycles. The van der Waals surface area contributed by atoms with E-state index in [4.69, 9.17) is 11.6 Å². The molecule has 1 spiro atoms. The van der Waals surface area contributed by atoms with Crippen molar-refractivity contribution in [3.05, 3.63) is 136 Å². The Labute approximate surface area is 230 Å². The molecule has 4 aromatic rings. The van der Waals surface area contributed by atoms with Crippen molar-refractivity contribution in [2.75, 3.05) is 10.2 Å². The smallest absolute Gasteiger partial charge is 0.238 e. The molecule has 6 heteroatoms. The molecule has 190 valence electrons. The summed E-state index contributed by atoms with van der Waals surface area (Å²) >= 11 is 6.35. The van der Waals surface area contributed by atoms with E-state index in [-0.39, 0.29) is 17.5 Å². The van der Waals surface area contributed by atoms with E-state index in [1.54, 1.807) is 42.5 Å². The molecule has 39 heavy (non-hydrogen) atoms. The first kappa shape index (κ1) is 23.6. The summed E-state index contributed by atoms with van der Waals surface area (Å²) in [6.45, 7) is 0. The highest BCUT2D eigenvalue weighted by atomic mass is 35.5. The van der Waals surface area contributed by atoms with Crippen molar-refractivity contribution >= 4 is 46.5 Å². The molecular formula is C33H23ClN2O3. The van der Waals surface area contributed by atoms with Crippen LogP contribution in [0, 0.1) is 5.92 Å². The van der Waals surface area contributed by atoms with Gasteiger partial charge in [-0.2, -0.15) is 0 Å². The second-order valence-corrected chi connectivity index (χ2v) is 10.6. The zero-order valence-corrected chi connectivity index (χ0v) is 21.5. The van der Waals surface area contributed by atoms with Gasteiger partial charge in [-0.25, -0.2) is 0 Å². The molecule has 3 heterocycles. The second-order valence-electron chi connectivity index (χ2n) is 10.2. The number of hydrogen-bond acceptors (Lipinski definition) is 4. The van der Waals surface area contributed by atoms with Crippen LogP contribution in [0.4, 0.5) is 11.4 Å². The predicted octanol–water partition coefficient (Wildman–Crippen LogP) is 6.20. The molecule has 0 saturated carbocycles. The quantitative estimate of drug-likeness (QED) is 0.319. The summed E-state index contributed by atoms with van der Waals surface area (Å²) < 4.78 is 0. The molecule has 1 N–H and O–H groups in total. The van der Waals surface area contributed by atoms with Gasteiger partial charge in [0.05, 0.1) is 12.0 Å². The van der Waals surface area contributed by atoms with E-state index < -0.39 is 23.4 Å². The lowest BCUT2D eigenvalue weighted by molar-refractivity contribution is -0.121. The van der Waals surface area contributed by atoms with Crippen molar-refractivity contribution in [2.24, 2.45) is 5.92 Å². The maximum absolute atomic E-state index is 14.6. The van der Waals surface area contributed by atoms with Crippen LogP contribution in [-0.2, 0) is 10.2 Å². The SMILES string of the molecule is O=C(c1ccccc1)[C@@H]1[C@H](C(=O)c2ccccc2)[C@@]2(C(=O)Nc3ccccc32)[C@@H]2C=Cc3cc(Cl)ccc3N12. The molecule has 7 rings (SSSR count). The van der Waals surface area contributed by atoms with Crippen molar-refractivity contribution in [2.45, 2.75) is 17.5 Å². The molecule has 0 aromatic heterocycles. The largest absolute Gasteiger partial charge is 0.352 e. The third-order valence-electron chi connectivity index (χ3n) is 8.26. The van der Waals surface area contributed by atoms with Gasteiger partial charge in [-0.15, -0.1) is 0 Å². The molecule has 1 fully saturated rings. The van der Waals surface area contributed by atoms with E-state index in [0.29, 0.717) is 21.8 Å². The van der Waals surface area contributed by atoms with Gasteiger partial charge in [-0.3, -0.25) is 14.4 Å². The van der Waals surface area contributed by atoms with E-state index in [9.17, 15) is 14.4 Å². The first-order valence-corrected chi connectivity index (χ1v) is 13.2. The summed E-state index contributed by atoms with van der Waals surface area (Å²) in [4.78, 5) is 45.4. The third-order valence-corrected chi connectivity index (χ3v) is 8.50. The van der Waals surface area contributed by atoms with Crippen molar-refractivity contribution in [3.8, 4) is 0 Å².